The number of rotatable bonds is 7. The molecule has 0 spiro atoms. The fourth-order valence-corrected chi connectivity index (χ4v) is 4.08. The number of aliphatic hydroxyl groups excluding tert-OH is 8. The molecule has 19 nitrogen and oxygen atoms in total. The van der Waals surface area contributed by atoms with Gasteiger partial charge in [0.25, 0.3) is 0 Å². The molecule has 0 radical (unpaired) electrons. The zero-order valence-corrected chi connectivity index (χ0v) is 19.3. The Hall–Kier alpha value is -2.11. The monoisotopic (exact) mass is 560 g/mol. The van der Waals surface area contributed by atoms with Crippen LogP contribution in [0.3, 0.4) is 0 Å². The maximum Gasteiger partial charge on any atom is 0.337 e. The van der Waals surface area contributed by atoms with Crippen molar-refractivity contribution in [3.8, 4) is 0 Å². The number of carboxylic acid groups (broad SMARTS) is 2. The van der Waals surface area contributed by atoms with Crippen LogP contribution in [0.4, 0.5) is 0 Å². The number of hydrogen-bond acceptors (Lipinski definition) is 17. The van der Waals surface area contributed by atoms with Crippen LogP contribution in [0.15, 0.2) is 0 Å². The summed E-state index contributed by atoms with van der Waals surface area (Å²) in [6, 6.07) is 0. The number of carboxylic acids is 2. The fraction of sp³-hybridized carbons (Fsp3) is 0.842. The second kappa shape index (κ2) is 12.0. The normalized spacial score (nSPS) is 47.8. The minimum Gasteiger partial charge on any atom is -0.479 e. The van der Waals surface area contributed by atoms with Crippen LogP contribution in [0.1, 0.15) is 0 Å². The molecule has 0 aliphatic carbocycles. The number of esters is 1. The van der Waals surface area contributed by atoms with Gasteiger partial charge >= 0.3 is 17.9 Å². The van der Waals surface area contributed by atoms with E-state index in [1.807, 2.05) is 0 Å². The lowest BCUT2D eigenvalue weighted by Gasteiger charge is -2.46. The molecule has 0 bridgehead atoms. The van der Waals surface area contributed by atoms with Crippen molar-refractivity contribution < 1.29 is 93.9 Å². The SMILES string of the molecule is COC(=O)[C@H]1O[C@H](O[C@@H]2[C@H](O)[C@@H](O)[C@@H](O[C@@H]3[C@H](O)[C@@H](O)C(O)O[C@@H]3C(=O)O)O[C@@H]2C(=O)O)[C@H](O)[C@@H](O)[C@H]1O. The highest BCUT2D eigenvalue weighted by Gasteiger charge is 2.56. The Morgan fingerprint density at radius 1 is 0.553 bits per heavy atom. The Kier molecular flexibility index (Phi) is 9.58. The van der Waals surface area contributed by atoms with Gasteiger partial charge in [-0.2, -0.15) is 0 Å². The van der Waals surface area contributed by atoms with E-state index in [0.29, 0.717) is 0 Å². The molecular weight excluding hydrogens is 532 g/mol. The quantitative estimate of drug-likeness (QED) is 0.129. The molecule has 3 aliphatic heterocycles. The van der Waals surface area contributed by atoms with Crippen LogP contribution >= 0.6 is 0 Å². The van der Waals surface area contributed by atoms with E-state index in [-0.39, 0.29) is 0 Å². The second-order valence-corrected chi connectivity index (χ2v) is 8.63. The molecule has 3 fully saturated rings. The second-order valence-electron chi connectivity index (χ2n) is 8.63. The summed E-state index contributed by atoms with van der Waals surface area (Å²) in [6.07, 6.45) is -31.7. The van der Waals surface area contributed by atoms with Crippen LogP contribution < -0.4 is 0 Å². The average Bonchev–Trinajstić information content (AvgIpc) is 2.87. The first-order valence-corrected chi connectivity index (χ1v) is 11.0. The molecule has 0 saturated carbocycles. The average molecular weight is 560 g/mol. The standard InChI is InChI=1S/C19H28O19/c1-33-17(32)11-3(21)2(20)7(25)18(37-11)36-10-5(23)8(26)19(38-13(10)15(29)30)35-9-4(22)6(24)16(31)34-12(9)14(27)28/h2-13,16,18-26,31H,1H3,(H,27,28)(H,29,30)/t2-,3+,4+,5+,6+,7+,8+,9+,10+,11-,12-,13-,16?,18-,19-/m0/s1. The van der Waals surface area contributed by atoms with E-state index in [4.69, 9.17) is 18.9 Å². The minimum absolute atomic E-state index is 0.921. The summed E-state index contributed by atoms with van der Waals surface area (Å²) in [5.41, 5.74) is 0. The van der Waals surface area contributed by atoms with Crippen molar-refractivity contribution in [1.82, 2.24) is 0 Å². The van der Waals surface area contributed by atoms with Crippen molar-refractivity contribution in [2.45, 2.75) is 92.1 Å². The smallest absolute Gasteiger partial charge is 0.337 e. The van der Waals surface area contributed by atoms with E-state index in [0.717, 1.165) is 7.11 Å². The van der Waals surface area contributed by atoms with Crippen LogP contribution in [0.2, 0.25) is 0 Å². The lowest BCUT2D eigenvalue weighted by atomic mass is 9.95. The predicted octanol–water partition coefficient (Wildman–Crippen LogP) is -7.21. The van der Waals surface area contributed by atoms with Gasteiger partial charge in [-0.05, 0) is 0 Å². The van der Waals surface area contributed by atoms with Gasteiger partial charge in [0.2, 0.25) is 0 Å². The van der Waals surface area contributed by atoms with Gasteiger partial charge in [-0.15, -0.1) is 0 Å². The van der Waals surface area contributed by atoms with E-state index in [2.05, 4.69) is 9.47 Å². The minimum atomic E-state index is -2.26. The van der Waals surface area contributed by atoms with Crippen molar-refractivity contribution in [2.24, 2.45) is 0 Å². The third-order valence-corrected chi connectivity index (χ3v) is 6.18. The van der Waals surface area contributed by atoms with E-state index in [1.165, 1.54) is 0 Å². The van der Waals surface area contributed by atoms with Gasteiger partial charge in [0.05, 0.1) is 7.11 Å². The predicted molar refractivity (Wildman–Crippen MR) is 107 cm³/mol. The summed E-state index contributed by atoms with van der Waals surface area (Å²) in [6.45, 7) is 0. The van der Waals surface area contributed by atoms with Crippen molar-refractivity contribution in [1.29, 1.82) is 0 Å². The first kappa shape index (κ1) is 30.4. The molecule has 218 valence electrons. The van der Waals surface area contributed by atoms with Gasteiger partial charge in [-0.25, -0.2) is 14.4 Å². The van der Waals surface area contributed by atoms with Gasteiger partial charge in [0.1, 0.15) is 54.9 Å². The summed E-state index contributed by atoms with van der Waals surface area (Å²) in [5, 5.41) is 99.8. The van der Waals surface area contributed by atoms with Crippen molar-refractivity contribution in [3.05, 3.63) is 0 Å². The first-order valence-electron chi connectivity index (χ1n) is 11.0. The molecule has 3 heterocycles. The summed E-state index contributed by atoms with van der Waals surface area (Å²) in [7, 11) is 0.921. The maximum atomic E-state index is 11.9. The van der Waals surface area contributed by atoms with E-state index >= 15 is 0 Å². The van der Waals surface area contributed by atoms with Crippen LogP contribution in [0, 0.1) is 0 Å². The Bertz CT molecular complexity index is 869. The van der Waals surface area contributed by atoms with Gasteiger partial charge < -0.3 is 79.5 Å². The molecule has 0 aromatic carbocycles. The molecule has 38 heavy (non-hydrogen) atoms. The lowest BCUT2D eigenvalue weighted by molar-refractivity contribution is -0.368. The number of carbonyl (C=O) groups excluding carboxylic acids is 1. The third kappa shape index (κ3) is 5.74. The molecule has 15 atom stereocenters. The topological polar surface area (TPSA) is 309 Å². The number of aliphatic hydroxyl groups is 8. The Labute approximate surface area is 211 Å². The molecule has 0 aromatic rings. The summed E-state index contributed by atoms with van der Waals surface area (Å²) < 4.78 is 29.6. The van der Waals surface area contributed by atoms with Gasteiger partial charge in [-0.3, -0.25) is 0 Å². The van der Waals surface area contributed by atoms with Gasteiger partial charge in [0, 0.05) is 0 Å². The zero-order chi connectivity index (χ0) is 28.6. The Balaban J connectivity index is 1.81. The molecule has 3 saturated heterocycles. The number of hydrogen-bond donors (Lipinski definition) is 10. The zero-order valence-electron chi connectivity index (χ0n) is 19.3. The van der Waals surface area contributed by atoms with E-state index in [9.17, 15) is 65.4 Å². The molecule has 19 heteroatoms. The Morgan fingerprint density at radius 2 is 0.974 bits per heavy atom. The van der Waals surface area contributed by atoms with Crippen molar-refractivity contribution >= 4 is 17.9 Å². The van der Waals surface area contributed by atoms with Crippen molar-refractivity contribution in [3.63, 3.8) is 0 Å². The highest BCUT2D eigenvalue weighted by Crippen LogP contribution is 2.32. The summed E-state index contributed by atoms with van der Waals surface area (Å²) in [4.78, 5) is 35.2. The molecule has 3 rings (SSSR count). The molecule has 1 unspecified atom stereocenters. The molecular formula is C19H28O19. The largest absolute Gasteiger partial charge is 0.479 e. The first-order chi connectivity index (χ1) is 17.7. The maximum absolute atomic E-state index is 11.9. The lowest BCUT2D eigenvalue weighted by Crippen LogP contribution is -2.67. The molecule has 0 amide bonds. The van der Waals surface area contributed by atoms with Crippen molar-refractivity contribution in [2.75, 3.05) is 7.11 Å². The van der Waals surface area contributed by atoms with Crippen LogP contribution in [-0.2, 0) is 42.8 Å². The Morgan fingerprint density at radius 3 is 1.45 bits per heavy atom. The number of ether oxygens (including phenoxy) is 6. The molecule has 3 aliphatic rings. The molecule has 10 N–H and O–H groups in total. The van der Waals surface area contributed by atoms with Crippen LogP contribution in [-0.4, -0.2) is 168 Å². The van der Waals surface area contributed by atoms with E-state index in [1.54, 1.807) is 0 Å². The van der Waals surface area contributed by atoms with Crippen LogP contribution in [0.5, 0.6) is 0 Å². The fourth-order valence-electron chi connectivity index (χ4n) is 4.08. The summed E-state index contributed by atoms with van der Waals surface area (Å²) >= 11 is 0. The third-order valence-electron chi connectivity index (χ3n) is 6.18. The summed E-state index contributed by atoms with van der Waals surface area (Å²) in [5.74, 6) is -4.84. The molecule has 0 aromatic heterocycles. The highest BCUT2D eigenvalue weighted by molar-refractivity contribution is 5.75. The van der Waals surface area contributed by atoms with E-state index < -0.39 is 110 Å². The number of carbonyl (C=O) groups is 3. The number of aliphatic carboxylic acids is 2. The number of methoxy groups -OCH3 is 1. The van der Waals surface area contributed by atoms with Gasteiger partial charge in [-0.1, -0.05) is 0 Å². The van der Waals surface area contributed by atoms with Crippen LogP contribution in [0.25, 0.3) is 0 Å². The van der Waals surface area contributed by atoms with Gasteiger partial charge in [0.15, 0.2) is 37.2 Å². The highest BCUT2D eigenvalue weighted by atomic mass is 16.8.